The number of hydrogen-bond acceptors (Lipinski definition) is 2. The molecular weight excluding hydrogens is 197 g/mol. The SMILES string of the molecule is FC(F)(F)n1ccnc1-c1ccoc1. The molecule has 0 saturated heterocycles. The molecule has 0 atom stereocenters. The van der Waals surface area contributed by atoms with Crippen LogP contribution in [0.5, 0.6) is 0 Å². The van der Waals surface area contributed by atoms with Gasteiger partial charge >= 0.3 is 6.30 Å². The maximum atomic E-state index is 12.4. The van der Waals surface area contributed by atoms with Gasteiger partial charge < -0.3 is 4.42 Å². The molecular formula is C8H5F3N2O. The maximum absolute atomic E-state index is 12.4. The second kappa shape index (κ2) is 2.90. The molecule has 0 N–H and O–H groups in total. The summed E-state index contributed by atoms with van der Waals surface area (Å²) in [6.45, 7) is 0. The van der Waals surface area contributed by atoms with Crippen molar-refractivity contribution in [2.24, 2.45) is 0 Å². The van der Waals surface area contributed by atoms with Gasteiger partial charge in [0.15, 0.2) is 0 Å². The first-order valence-electron chi connectivity index (χ1n) is 3.72. The van der Waals surface area contributed by atoms with Crippen LogP contribution in [0.2, 0.25) is 0 Å². The number of alkyl halides is 3. The highest BCUT2D eigenvalue weighted by atomic mass is 19.4. The summed E-state index contributed by atoms with van der Waals surface area (Å²) in [5.74, 6) is -0.175. The molecule has 3 nitrogen and oxygen atoms in total. The lowest BCUT2D eigenvalue weighted by Gasteiger charge is -2.09. The standard InChI is InChI=1S/C8H5F3N2O/c9-8(10,11)13-3-2-12-7(13)6-1-4-14-5-6/h1-5H. The molecule has 0 radical (unpaired) electrons. The van der Waals surface area contributed by atoms with E-state index in [1.54, 1.807) is 0 Å². The fourth-order valence-corrected chi connectivity index (χ4v) is 1.11. The van der Waals surface area contributed by atoms with Gasteiger partial charge in [0, 0.05) is 12.4 Å². The number of furan rings is 1. The molecule has 0 saturated carbocycles. The molecule has 0 aliphatic rings. The molecule has 2 heterocycles. The summed E-state index contributed by atoms with van der Waals surface area (Å²) >= 11 is 0. The summed E-state index contributed by atoms with van der Waals surface area (Å²) < 4.78 is 41.9. The molecule has 0 unspecified atom stereocenters. The molecule has 0 aliphatic carbocycles. The molecule has 0 bridgehead atoms. The second-order valence-electron chi connectivity index (χ2n) is 2.60. The number of halogens is 3. The van der Waals surface area contributed by atoms with Gasteiger partial charge in [-0.3, -0.25) is 0 Å². The zero-order valence-corrected chi connectivity index (χ0v) is 6.82. The van der Waals surface area contributed by atoms with Crippen LogP contribution < -0.4 is 0 Å². The zero-order valence-electron chi connectivity index (χ0n) is 6.82. The molecule has 0 aromatic carbocycles. The van der Waals surface area contributed by atoms with Crippen LogP contribution in [0.1, 0.15) is 0 Å². The molecule has 0 amide bonds. The largest absolute Gasteiger partial charge is 0.490 e. The van der Waals surface area contributed by atoms with E-state index >= 15 is 0 Å². The van der Waals surface area contributed by atoms with E-state index in [9.17, 15) is 13.2 Å². The second-order valence-corrected chi connectivity index (χ2v) is 2.60. The number of hydrogen-bond donors (Lipinski definition) is 0. The fraction of sp³-hybridized carbons (Fsp3) is 0.125. The van der Waals surface area contributed by atoms with Gasteiger partial charge in [0.2, 0.25) is 0 Å². The highest BCUT2D eigenvalue weighted by molar-refractivity contribution is 5.53. The summed E-state index contributed by atoms with van der Waals surface area (Å²) in [6, 6.07) is 1.42. The summed E-state index contributed by atoms with van der Waals surface area (Å²) in [6.07, 6.45) is 0.0105. The topological polar surface area (TPSA) is 31.0 Å². The van der Waals surface area contributed by atoms with E-state index in [0.717, 1.165) is 12.4 Å². The van der Waals surface area contributed by atoms with Crippen LogP contribution in [0.4, 0.5) is 13.2 Å². The first-order valence-corrected chi connectivity index (χ1v) is 3.72. The van der Waals surface area contributed by atoms with Crippen LogP contribution in [0.25, 0.3) is 11.4 Å². The Morgan fingerprint density at radius 2 is 2.14 bits per heavy atom. The van der Waals surface area contributed by atoms with Crippen LogP contribution in [-0.2, 0) is 6.30 Å². The Labute approximate surface area is 76.8 Å². The minimum Gasteiger partial charge on any atom is -0.472 e. The molecule has 0 aliphatic heterocycles. The molecule has 2 rings (SSSR count). The Morgan fingerprint density at radius 1 is 1.36 bits per heavy atom. The third kappa shape index (κ3) is 1.39. The Kier molecular flexibility index (Phi) is 1.83. The Bertz CT molecular complexity index is 416. The number of imidazole rings is 1. The molecule has 6 heteroatoms. The smallest absolute Gasteiger partial charge is 0.472 e. The summed E-state index contributed by atoms with van der Waals surface area (Å²) in [4.78, 5) is 3.61. The molecule has 0 spiro atoms. The molecule has 2 aromatic heterocycles. The highest BCUT2D eigenvalue weighted by Gasteiger charge is 2.33. The molecule has 74 valence electrons. The van der Waals surface area contributed by atoms with Crippen molar-refractivity contribution in [3.05, 3.63) is 31.0 Å². The van der Waals surface area contributed by atoms with Gasteiger partial charge in [-0.2, -0.15) is 0 Å². The lowest BCUT2D eigenvalue weighted by molar-refractivity contribution is -0.202. The third-order valence-corrected chi connectivity index (χ3v) is 1.69. The van der Waals surface area contributed by atoms with E-state index in [1.165, 1.54) is 18.6 Å². The zero-order chi connectivity index (χ0) is 10.2. The Morgan fingerprint density at radius 3 is 2.71 bits per heavy atom. The molecule has 0 fully saturated rings. The average Bonchev–Trinajstić information content (AvgIpc) is 2.73. The van der Waals surface area contributed by atoms with Gasteiger partial charge in [0.05, 0.1) is 11.8 Å². The summed E-state index contributed by atoms with van der Waals surface area (Å²) in [7, 11) is 0. The lowest BCUT2D eigenvalue weighted by Crippen LogP contribution is -2.16. The predicted octanol–water partition coefficient (Wildman–Crippen LogP) is 2.62. The van der Waals surface area contributed by atoms with E-state index in [-0.39, 0.29) is 10.4 Å². The van der Waals surface area contributed by atoms with Crippen LogP contribution in [-0.4, -0.2) is 9.55 Å². The first kappa shape index (κ1) is 8.86. The van der Waals surface area contributed by atoms with E-state index in [0.29, 0.717) is 5.56 Å². The third-order valence-electron chi connectivity index (χ3n) is 1.69. The van der Waals surface area contributed by atoms with E-state index in [2.05, 4.69) is 9.40 Å². The van der Waals surface area contributed by atoms with Gasteiger partial charge in [-0.15, -0.1) is 13.2 Å². The minimum atomic E-state index is -4.46. The van der Waals surface area contributed by atoms with Gasteiger partial charge in [-0.25, -0.2) is 9.55 Å². The predicted molar refractivity (Wildman–Crippen MR) is 41.2 cm³/mol. The first-order chi connectivity index (χ1) is 6.59. The van der Waals surface area contributed by atoms with Crippen molar-refractivity contribution in [1.29, 1.82) is 0 Å². The molecule has 14 heavy (non-hydrogen) atoms. The molecule has 2 aromatic rings. The Balaban J connectivity index is 2.51. The monoisotopic (exact) mass is 202 g/mol. The van der Waals surface area contributed by atoms with Gasteiger partial charge in [0.1, 0.15) is 12.1 Å². The minimum absolute atomic E-state index is 0.137. The van der Waals surface area contributed by atoms with Crippen molar-refractivity contribution in [1.82, 2.24) is 9.55 Å². The summed E-state index contributed by atoms with van der Waals surface area (Å²) in [5.41, 5.74) is 0.298. The normalized spacial score (nSPS) is 11.9. The van der Waals surface area contributed by atoms with Crippen molar-refractivity contribution >= 4 is 0 Å². The average molecular weight is 202 g/mol. The lowest BCUT2D eigenvalue weighted by atomic mass is 10.3. The summed E-state index contributed by atoms with van der Waals surface area (Å²) in [5, 5.41) is 0. The van der Waals surface area contributed by atoms with Crippen LogP contribution in [0, 0.1) is 0 Å². The van der Waals surface area contributed by atoms with Crippen molar-refractivity contribution in [2.75, 3.05) is 0 Å². The number of aromatic nitrogens is 2. The van der Waals surface area contributed by atoms with Gasteiger partial charge in [0.25, 0.3) is 0 Å². The van der Waals surface area contributed by atoms with Gasteiger partial charge in [-0.1, -0.05) is 0 Å². The van der Waals surface area contributed by atoms with Crippen LogP contribution in [0.15, 0.2) is 35.4 Å². The van der Waals surface area contributed by atoms with E-state index in [1.807, 2.05) is 0 Å². The maximum Gasteiger partial charge on any atom is 0.490 e. The van der Waals surface area contributed by atoms with Crippen LogP contribution in [0.3, 0.4) is 0 Å². The van der Waals surface area contributed by atoms with Crippen molar-refractivity contribution in [3.8, 4) is 11.4 Å². The van der Waals surface area contributed by atoms with E-state index in [4.69, 9.17) is 0 Å². The van der Waals surface area contributed by atoms with Gasteiger partial charge in [-0.05, 0) is 6.07 Å². The number of rotatable bonds is 1. The van der Waals surface area contributed by atoms with Crippen LogP contribution >= 0.6 is 0 Å². The van der Waals surface area contributed by atoms with Crippen molar-refractivity contribution in [3.63, 3.8) is 0 Å². The van der Waals surface area contributed by atoms with Crippen molar-refractivity contribution in [2.45, 2.75) is 6.30 Å². The van der Waals surface area contributed by atoms with E-state index < -0.39 is 6.30 Å². The van der Waals surface area contributed by atoms with Crippen molar-refractivity contribution < 1.29 is 17.6 Å². The number of nitrogens with zero attached hydrogens (tertiary/aromatic N) is 2. The quantitative estimate of drug-likeness (QED) is 0.711. The highest BCUT2D eigenvalue weighted by Crippen LogP contribution is 2.28. The Hall–Kier alpha value is -1.72. The fourth-order valence-electron chi connectivity index (χ4n) is 1.11.